The summed E-state index contributed by atoms with van der Waals surface area (Å²) in [5, 5.41) is 7.49. The minimum Gasteiger partial charge on any atom is -0.493 e. The smallest absolute Gasteiger partial charge is 0.244 e. The van der Waals surface area contributed by atoms with Gasteiger partial charge in [0.1, 0.15) is 5.75 Å². The van der Waals surface area contributed by atoms with Crippen LogP contribution >= 0.6 is 0 Å². The molecule has 21 heavy (non-hydrogen) atoms. The molecule has 1 N–H and O–H groups in total. The van der Waals surface area contributed by atoms with Crippen molar-refractivity contribution in [2.45, 2.75) is 39.7 Å². The lowest BCUT2D eigenvalue weighted by molar-refractivity contribution is 0.335. The number of ether oxygens (including phenoxy) is 1. The highest BCUT2D eigenvalue weighted by molar-refractivity contribution is 5.61. The molecule has 2 heterocycles. The van der Waals surface area contributed by atoms with Crippen molar-refractivity contribution in [1.29, 1.82) is 0 Å². The molecule has 1 fully saturated rings. The van der Waals surface area contributed by atoms with E-state index < -0.39 is 0 Å². The second kappa shape index (κ2) is 5.85. The van der Waals surface area contributed by atoms with E-state index in [4.69, 9.17) is 9.26 Å². The van der Waals surface area contributed by atoms with Crippen LogP contribution in [0.5, 0.6) is 5.75 Å². The summed E-state index contributed by atoms with van der Waals surface area (Å²) in [4.78, 5) is 4.54. The fraction of sp³-hybridized carbons (Fsp3) is 0.500. The Balaban J connectivity index is 1.90. The third-order valence-electron chi connectivity index (χ3n) is 3.81. The molecule has 1 aromatic heterocycles. The van der Waals surface area contributed by atoms with Crippen LogP contribution in [0, 0.1) is 13.8 Å². The average molecular weight is 287 g/mol. The molecule has 1 atom stereocenters. The van der Waals surface area contributed by atoms with Gasteiger partial charge in [0.05, 0.1) is 12.6 Å². The first-order chi connectivity index (χ1) is 10.2. The van der Waals surface area contributed by atoms with Crippen LogP contribution < -0.4 is 10.1 Å². The van der Waals surface area contributed by atoms with Gasteiger partial charge in [-0.25, -0.2) is 0 Å². The van der Waals surface area contributed by atoms with Gasteiger partial charge in [-0.15, -0.1) is 0 Å². The van der Waals surface area contributed by atoms with Crippen LogP contribution in [-0.4, -0.2) is 23.3 Å². The molecule has 0 bridgehead atoms. The van der Waals surface area contributed by atoms with Crippen LogP contribution in [0.2, 0.25) is 0 Å². The van der Waals surface area contributed by atoms with Gasteiger partial charge in [0.2, 0.25) is 11.7 Å². The van der Waals surface area contributed by atoms with Crippen molar-refractivity contribution in [1.82, 2.24) is 15.5 Å². The van der Waals surface area contributed by atoms with Crippen molar-refractivity contribution in [3.63, 3.8) is 0 Å². The maximum Gasteiger partial charge on any atom is 0.244 e. The first kappa shape index (κ1) is 14.1. The minimum absolute atomic E-state index is 0.205. The Labute approximate surface area is 124 Å². The monoisotopic (exact) mass is 287 g/mol. The molecular formula is C16H21N3O2. The maximum absolute atomic E-state index is 5.67. The normalized spacial score (nSPS) is 18.1. The molecule has 0 amide bonds. The number of rotatable bonds is 4. The quantitative estimate of drug-likeness (QED) is 0.936. The molecule has 1 aliphatic heterocycles. The van der Waals surface area contributed by atoms with Gasteiger partial charge in [0, 0.05) is 5.56 Å². The van der Waals surface area contributed by atoms with Crippen LogP contribution in [0.25, 0.3) is 11.4 Å². The minimum atomic E-state index is 0.205. The van der Waals surface area contributed by atoms with Crippen molar-refractivity contribution in [3.8, 4) is 17.1 Å². The Bertz CT molecular complexity index is 607. The highest BCUT2D eigenvalue weighted by atomic mass is 16.5. The van der Waals surface area contributed by atoms with Gasteiger partial charge in [-0.05, 0) is 63.4 Å². The number of aromatic nitrogens is 2. The van der Waals surface area contributed by atoms with E-state index >= 15 is 0 Å². The zero-order valence-electron chi connectivity index (χ0n) is 12.8. The number of nitrogens with zero attached hydrogens (tertiary/aromatic N) is 2. The number of hydrogen-bond acceptors (Lipinski definition) is 5. The molecule has 0 radical (unpaired) electrons. The van der Waals surface area contributed by atoms with Crippen LogP contribution in [0.4, 0.5) is 0 Å². The lowest BCUT2D eigenvalue weighted by Gasteiger charge is -2.11. The molecule has 1 aromatic carbocycles. The summed E-state index contributed by atoms with van der Waals surface area (Å²) in [6.45, 7) is 7.76. The van der Waals surface area contributed by atoms with E-state index in [0.717, 1.165) is 41.8 Å². The van der Waals surface area contributed by atoms with Crippen LogP contribution in [0.15, 0.2) is 16.7 Å². The lowest BCUT2D eigenvalue weighted by Crippen LogP contribution is -2.12. The molecule has 112 valence electrons. The molecule has 5 nitrogen and oxygen atoms in total. The van der Waals surface area contributed by atoms with Gasteiger partial charge in [-0.1, -0.05) is 5.16 Å². The zero-order valence-corrected chi connectivity index (χ0v) is 12.8. The largest absolute Gasteiger partial charge is 0.493 e. The van der Waals surface area contributed by atoms with E-state index in [2.05, 4.69) is 27.6 Å². The Kier molecular flexibility index (Phi) is 3.92. The average Bonchev–Trinajstić information content (AvgIpc) is 3.12. The van der Waals surface area contributed by atoms with Gasteiger partial charge in [0.25, 0.3) is 0 Å². The van der Waals surface area contributed by atoms with Gasteiger partial charge < -0.3 is 14.6 Å². The first-order valence-corrected chi connectivity index (χ1v) is 7.50. The summed E-state index contributed by atoms with van der Waals surface area (Å²) in [5.74, 6) is 2.28. The molecule has 0 saturated carbocycles. The molecule has 0 aliphatic carbocycles. The van der Waals surface area contributed by atoms with E-state index in [1.165, 1.54) is 0 Å². The maximum atomic E-state index is 5.67. The molecular weight excluding hydrogens is 266 g/mol. The molecule has 5 heteroatoms. The van der Waals surface area contributed by atoms with E-state index in [0.29, 0.717) is 18.3 Å². The first-order valence-electron chi connectivity index (χ1n) is 7.50. The van der Waals surface area contributed by atoms with Crippen molar-refractivity contribution in [2.75, 3.05) is 13.2 Å². The highest BCUT2D eigenvalue weighted by Crippen LogP contribution is 2.30. The molecule has 1 aliphatic rings. The number of hydrogen-bond donors (Lipinski definition) is 1. The Morgan fingerprint density at radius 1 is 1.33 bits per heavy atom. The second-order valence-corrected chi connectivity index (χ2v) is 5.48. The number of nitrogens with one attached hydrogen (secondary N) is 1. The highest BCUT2D eigenvalue weighted by Gasteiger charge is 2.23. The summed E-state index contributed by atoms with van der Waals surface area (Å²) in [6.07, 6.45) is 2.21. The second-order valence-electron chi connectivity index (χ2n) is 5.48. The Hall–Kier alpha value is -1.88. The molecule has 3 rings (SSSR count). The molecule has 0 spiro atoms. The van der Waals surface area contributed by atoms with Gasteiger partial charge in [-0.3, -0.25) is 0 Å². The van der Waals surface area contributed by atoms with Crippen molar-refractivity contribution >= 4 is 0 Å². The predicted molar refractivity (Wildman–Crippen MR) is 80.4 cm³/mol. The van der Waals surface area contributed by atoms with Crippen LogP contribution in [0.3, 0.4) is 0 Å². The van der Waals surface area contributed by atoms with E-state index in [-0.39, 0.29) is 6.04 Å². The zero-order chi connectivity index (χ0) is 14.8. The van der Waals surface area contributed by atoms with Crippen molar-refractivity contribution in [2.24, 2.45) is 0 Å². The Morgan fingerprint density at radius 3 is 2.71 bits per heavy atom. The lowest BCUT2D eigenvalue weighted by atomic mass is 10.1. The summed E-state index contributed by atoms with van der Waals surface area (Å²) in [7, 11) is 0. The number of benzene rings is 1. The van der Waals surface area contributed by atoms with Crippen LogP contribution in [-0.2, 0) is 0 Å². The molecule has 2 aromatic rings. The topological polar surface area (TPSA) is 60.2 Å². The fourth-order valence-corrected chi connectivity index (χ4v) is 2.84. The van der Waals surface area contributed by atoms with Gasteiger partial charge >= 0.3 is 0 Å². The summed E-state index contributed by atoms with van der Waals surface area (Å²) < 4.78 is 11.1. The predicted octanol–water partition coefficient (Wildman–Crippen LogP) is 3.18. The third-order valence-corrected chi connectivity index (χ3v) is 3.81. The molecule has 0 unspecified atom stereocenters. The SMILES string of the molecule is CCOc1c(C)cc(-c2noc([C@H]3CCCN3)n2)cc1C. The van der Waals surface area contributed by atoms with E-state index in [1.807, 2.05) is 20.8 Å². The standard InChI is InChI=1S/C16H21N3O2/c1-4-20-14-10(2)8-12(9-11(14)3)15-18-16(21-19-15)13-6-5-7-17-13/h8-9,13,17H,4-7H2,1-3H3/t13-/m1/s1. The van der Waals surface area contributed by atoms with E-state index in [9.17, 15) is 0 Å². The molecule has 1 saturated heterocycles. The summed E-state index contributed by atoms with van der Waals surface area (Å²) >= 11 is 0. The fourth-order valence-electron chi connectivity index (χ4n) is 2.84. The third kappa shape index (κ3) is 2.78. The number of aryl methyl sites for hydroxylation is 2. The van der Waals surface area contributed by atoms with Crippen molar-refractivity contribution in [3.05, 3.63) is 29.2 Å². The van der Waals surface area contributed by atoms with E-state index in [1.54, 1.807) is 0 Å². The van der Waals surface area contributed by atoms with Gasteiger partial charge in [0.15, 0.2) is 0 Å². The summed E-state index contributed by atoms with van der Waals surface area (Å²) in [6, 6.07) is 4.31. The van der Waals surface area contributed by atoms with Crippen molar-refractivity contribution < 1.29 is 9.26 Å². The van der Waals surface area contributed by atoms with Gasteiger partial charge in [-0.2, -0.15) is 4.98 Å². The Morgan fingerprint density at radius 2 is 2.10 bits per heavy atom. The van der Waals surface area contributed by atoms with Crippen LogP contribution in [0.1, 0.15) is 42.8 Å². The summed E-state index contributed by atoms with van der Waals surface area (Å²) in [5.41, 5.74) is 3.16.